The summed E-state index contributed by atoms with van der Waals surface area (Å²) >= 11 is 0. The Kier molecular flexibility index (Phi) is 5.48. The molecular weight excluding hydrogens is 340 g/mol. The molecule has 5 heteroatoms. The first kappa shape index (κ1) is 18.5. The third-order valence-corrected chi connectivity index (χ3v) is 7.17. The smallest absolute Gasteiger partial charge is 0.227 e. The van der Waals surface area contributed by atoms with E-state index in [-0.39, 0.29) is 23.7 Å². The zero-order valence-electron chi connectivity index (χ0n) is 15.9. The van der Waals surface area contributed by atoms with Crippen molar-refractivity contribution in [1.82, 2.24) is 4.90 Å². The number of rotatable bonds is 5. The van der Waals surface area contributed by atoms with E-state index in [9.17, 15) is 14.7 Å². The van der Waals surface area contributed by atoms with Gasteiger partial charge in [0.25, 0.3) is 0 Å². The van der Waals surface area contributed by atoms with E-state index in [1.54, 1.807) is 0 Å². The number of benzene rings is 1. The van der Waals surface area contributed by atoms with Crippen molar-refractivity contribution in [3.05, 3.63) is 35.9 Å². The number of carbonyl (C=O) groups is 2. The van der Waals surface area contributed by atoms with Crippen LogP contribution in [0.4, 0.5) is 0 Å². The van der Waals surface area contributed by atoms with Crippen LogP contribution in [0.5, 0.6) is 0 Å². The summed E-state index contributed by atoms with van der Waals surface area (Å²) in [5, 5.41) is 11.7. The number of hydrogen-bond acceptors (Lipinski definition) is 3. The van der Waals surface area contributed by atoms with Gasteiger partial charge in [-0.1, -0.05) is 30.3 Å². The SMILES string of the molecule is O=C([O-])[C@H]1C2CCC(CC2)[C@H]1C(=O)N1CC[NH+](CCc2ccccc2)CC1. The molecule has 146 valence electrons. The van der Waals surface area contributed by atoms with Crippen LogP contribution in [-0.2, 0) is 16.0 Å². The van der Waals surface area contributed by atoms with Crippen molar-refractivity contribution in [2.24, 2.45) is 23.7 Å². The van der Waals surface area contributed by atoms with Gasteiger partial charge in [-0.3, -0.25) is 4.79 Å². The lowest BCUT2D eigenvalue weighted by atomic mass is 9.58. The Morgan fingerprint density at radius 3 is 2.15 bits per heavy atom. The monoisotopic (exact) mass is 370 g/mol. The van der Waals surface area contributed by atoms with Gasteiger partial charge in [0.1, 0.15) is 0 Å². The van der Waals surface area contributed by atoms with Crippen LogP contribution in [0.3, 0.4) is 0 Å². The molecule has 2 atom stereocenters. The number of hydrogen-bond donors (Lipinski definition) is 1. The fourth-order valence-corrected chi connectivity index (χ4v) is 5.61. The Morgan fingerprint density at radius 1 is 0.963 bits per heavy atom. The minimum atomic E-state index is -1.00. The molecule has 2 bridgehead atoms. The number of aliphatic carboxylic acids is 1. The van der Waals surface area contributed by atoms with Gasteiger partial charge in [-0.2, -0.15) is 0 Å². The van der Waals surface area contributed by atoms with Crippen LogP contribution in [0.15, 0.2) is 30.3 Å². The van der Waals surface area contributed by atoms with Crippen molar-refractivity contribution in [2.75, 3.05) is 32.7 Å². The second kappa shape index (κ2) is 8.01. The average molecular weight is 370 g/mol. The molecule has 1 amide bonds. The quantitative estimate of drug-likeness (QED) is 0.778. The number of carbonyl (C=O) groups excluding carboxylic acids is 2. The summed E-state index contributed by atoms with van der Waals surface area (Å²) in [6.45, 7) is 4.49. The maximum atomic E-state index is 13.2. The Hall–Kier alpha value is -1.88. The topological polar surface area (TPSA) is 64.9 Å². The second-order valence-corrected chi connectivity index (χ2v) is 8.61. The molecule has 1 heterocycles. The number of carboxylic acids is 1. The summed E-state index contributed by atoms with van der Waals surface area (Å²) < 4.78 is 0. The van der Waals surface area contributed by atoms with Gasteiger partial charge in [-0.25, -0.2) is 0 Å². The molecule has 0 spiro atoms. The normalized spacial score (nSPS) is 31.0. The Morgan fingerprint density at radius 2 is 1.56 bits per heavy atom. The van der Waals surface area contributed by atoms with Crippen LogP contribution in [0.25, 0.3) is 0 Å². The van der Waals surface area contributed by atoms with Crippen molar-refractivity contribution in [3.8, 4) is 0 Å². The molecule has 0 aromatic heterocycles. The molecule has 0 radical (unpaired) electrons. The van der Waals surface area contributed by atoms with E-state index < -0.39 is 11.9 Å². The summed E-state index contributed by atoms with van der Waals surface area (Å²) in [5.41, 5.74) is 1.36. The highest BCUT2D eigenvalue weighted by atomic mass is 16.4. The Balaban J connectivity index is 1.32. The lowest BCUT2D eigenvalue weighted by Crippen LogP contribution is -3.15. The maximum Gasteiger partial charge on any atom is 0.227 e. The number of carboxylic acid groups (broad SMARTS) is 1. The molecule has 27 heavy (non-hydrogen) atoms. The standard InChI is InChI=1S/C22H30N2O3/c25-21(19-17-6-8-18(9-7-17)20(19)22(26)27)24-14-12-23(13-15-24)11-10-16-4-2-1-3-5-16/h1-5,17-20H,6-15H2,(H,26,27)/t17?,18?,19-,20+/m1/s1. The minimum Gasteiger partial charge on any atom is -0.550 e. The fourth-order valence-electron chi connectivity index (χ4n) is 5.61. The van der Waals surface area contributed by atoms with Gasteiger partial charge < -0.3 is 19.7 Å². The van der Waals surface area contributed by atoms with Crippen molar-refractivity contribution in [3.63, 3.8) is 0 Å². The minimum absolute atomic E-state index is 0.0840. The van der Waals surface area contributed by atoms with E-state index in [2.05, 4.69) is 24.3 Å². The number of nitrogens with one attached hydrogen (secondary N) is 1. The molecule has 1 aromatic carbocycles. The van der Waals surface area contributed by atoms with E-state index in [1.165, 1.54) is 10.5 Å². The molecule has 3 aliphatic carbocycles. The number of quaternary nitrogens is 1. The largest absolute Gasteiger partial charge is 0.550 e. The van der Waals surface area contributed by atoms with Gasteiger partial charge in [0.2, 0.25) is 5.91 Å². The van der Waals surface area contributed by atoms with Crippen LogP contribution in [0.1, 0.15) is 31.2 Å². The molecule has 3 saturated carbocycles. The molecule has 4 fully saturated rings. The van der Waals surface area contributed by atoms with Gasteiger partial charge >= 0.3 is 0 Å². The molecule has 5 nitrogen and oxygen atoms in total. The van der Waals surface area contributed by atoms with E-state index >= 15 is 0 Å². The zero-order valence-corrected chi connectivity index (χ0v) is 15.9. The highest BCUT2D eigenvalue weighted by molar-refractivity contribution is 5.85. The fraction of sp³-hybridized carbons (Fsp3) is 0.636. The molecule has 4 aliphatic rings. The summed E-state index contributed by atoms with van der Waals surface area (Å²) in [6.07, 6.45) is 4.97. The summed E-state index contributed by atoms with van der Waals surface area (Å²) in [7, 11) is 0. The number of nitrogens with zero attached hydrogens (tertiary/aromatic N) is 1. The number of fused-ring (bicyclic) bond motifs is 3. The van der Waals surface area contributed by atoms with Crippen molar-refractivity contribution < 1.29 is 19.6 Å². The molecule has 1 N–H and O–H groups in total. The van der Waals surface area contributed by atoms with Gasteiger partial charge in [-0.05, 0) is 43.1 Å². The molecule has 1 aliphatic heterocycles. The number of piperazine rings is 1. The first-order valence-corrected chi connectivity index (χ1v) is 10.5. The van der Waals surface area contributed by atoms with E-state index in [4.69, 9.17) is 0 Å². The van der Waals surface area contributed by atoms with Crippen LogP contribution in [-0.4, -0.2) is 49.5 Å². The molecule has 5 rings (SSSR count). The first-order valence-electron chi connectivity index (χ1n) is 10.5. The average Bonchev–Trinajstić information content (AvgIpc) is 2.73. The summed E-state index contributed by atoms with van der Waals surface area (Å²) in [4.78, 5) is 28.4. The maximum absolute atomic E-state index is 13.2. The second-order valence-electron chi connectivity index (χ2n) is 8.61. The highest BCUT2D eigenvalue weighted by Crippen LogP contribution is 2.49. The lowest BCUT2D eigenvalue weighted by molar-refractivity contribution is -0.903. The summed E-state index contributed by atoms with van der Waals surface area (Å²) in [5.74, 6) is -1.43. The lowest BCUT2D eigenvalue weighted by Gasteiger charge is -2.49. The van der Waals surface area contributed by atoms with Gasteiger partial charge in [0.15, 0.2) is 0 Å². The molecule has 1 saturated heterocycles. The Labute approximate surface area is 161 Å². The van der Waals surface area contributed by atoms with Gasteiger partial charge in [0.05, 0.1) is 32.7 Å². The van der Waals surface area contributed by atoms with Crippen LogP contribution in [0.2, 0.25) is 0 Å². The molecule has 1 aromatic rings. The predicted molar refractivity (Wildman–Crippen MR) is 99.7 cm³/mol. The summed E-state index contributed by atoms with van der Waals surface area (Å²) in [6, 6.07) is 10.5. The van der Waals surface area contributed by atoms with Crippen LogP contribution in [0, 0.1) is 23.7 Å². The predicted octanol–water partition coefficient (Wildman–Crippen LogP) is -0.241. The van der Waals surface area contributed by atoms with E-state index in [0.29, 0.717) is 0 Å². The van der Waals surface area contributed by atoms with Crippen molar-refractivity contribution in [1.29, 1.82) is 0 Å². The highest BCUT2D eigenvalue weighted by Gasteiger charge is 2.49. The van der Waals surface area contributed by atoms with Crippen LogP contribution < -0.4 is 10.0 Å². The van der Waals surface area contributed by atoms with Crippen molar-refractivity contribution in [2.45, 2.75) is 32.1 Å². The third-order valence-electron chi connectivity index (χ3n) is 7.17. The molecule has 0 unspecified atom stereocenters. The Bertz CT molecular complexity index is 661. The third kappa shape index (κ3) is 3.88. The van der Waals surface area contributed by atoms with E-state index in [1.807, 2.05) is 11.0 Å². The number of amides is 1. The zero-order chi connectivity index (χ0) is 18.8. The van der Waals surface area contributed by atoms with Crippen molar-refractivity contribution >= 4 is 11.9 Å². The van der Waals surface area contributed by atoms with Crippen LogP contribution >= 0.6 is 0 Å². The first-order chi connectivity index (χ1) is 13.1. The van der Waals surface area contributed by atoms with Gasteiger partial charge in [-0.15, -0.1) is 0 Å². The molecular formula is C22H30N2O3. The van der Waals surface area contributed by atoms with E-state index in [0.717, 1.165) is 64.8 Å². The van der Waals surface area contributed by atoms with Gasteiger partial charge in [0, 0.05) is 24.2 Å².